The molecule has 0 aliphatic carbocycles. The zero-order valence-corrected chi connectivity index (χ0v) is 17.7. The second kappa shape index (κ2) is 12.3. The van der Waals surface area contributed by atoms with Crippen molar-refractivity contribution in [3.63, 3.8) is 0 Å². The van der Waals surface area contributed by atoms with Gasteiger partial charge in [-0.15, -0.1) is 0 Å². The Hall–Kier alpha value is -3.43. The van der Waals surface area contributed by atoms with Crippen molar-refractivity contribution >= 4 is 30.1 Å². The molecule has 0 aliphatic heterocycles. The maximum atomic E-state index is 12.5. The van der Waals surface area contributed by atoms with Crippen LogP contribution in [0.4, 0.5) is 4.79 Å². The number of amides is 3. The molecule has 0 fully saturated rings. The van der Waals surface area contributed by atoms with E-state index in [-0.39, 0.29) is 19.8 Å². The summed E-state index contributed by atoms with van der Waals surface area (Å²) in [6.07, 6.45) is 0.785. The van der Waals surface area contributed by atoms with Crippen LogP contribution in [-0.2, 0) is 25.5 Å². The van der Waals surface area contributed by atoms with Gasteiger partial charge in [0.25, 0.3) is 0 Å². The van der Waals surface area contributed by atoms with E-state index in [2.05, 4.69) is 21.2 Å². The molecule has 0 heterocycles. The number of ether oxygens (including phenoxy) is 1. The van der Waals surface area contributed by atoms with Gasteiger partial charge in [-0.05, 0) is 38.8 Å². The average molecular weight is 437 g/mol. The molecule has 0 bridgehead atoms. The number of hydrogen-bond donors (Lipinski definition) is 4. The van der Waals surface area contributed by atoms with E-state index in [1.807, 2.05) is 0 Å². The van der Waals surface area contributed by atoms with Crippen molar-refractivity contribution in [2.45, 2.75) is 66.2 Å². The molecule has 1 aromatic rings. The molecule has 0 saturated heterocycles. The first-order valence-corrected chi connectivity index (χ1v) is 9.28. The van der Waals surface area contributed by atoms with Crippen LogP contribution < -0.4 is 16.1 Å². The van der Waals surface area contributed by atoms with Gasteiger partial charge in [-0.2, -0.15) is 5.10 Å². The van der Waals surface area contributed by atoms with E-state index in [1.165, 1.54) is 20.1 Å². The standard InChI is InChI=1S/C20H28N4O6.CH4/c1-12(18(27)28)22-17(26)16(23-19(29)30-20(3,4)5)10-14-6-8-15(9-7-14)11-21-24-13(2)25;/h6-9,11-12,16H,10H2,1-5H3,(H,22,26)(H,23,29)(H,24,25)(H,27,28);1H4/b21-11+;. The summed E-state index contributed by atoms with van der Waals surface area (Å²) in [4.78, 5) is 46.5. The number of carbonyl (C=O) groups excluding carboxylic acids is 3. The van der Waals surface area contributed by atoms with Crippen LogP contribution in [0.5, 0.6) is 0 Å². The summed E-state index contributed by atoms with van der Waals surface area (Å²) in [5, 5.41) is 17.6. The maximum absolute atomic E-state index is 12.5. The molecular weight excluding hydrogens is 404 g/mol. The molecule has 1 aromatic carbocycles. The topological polar surface area (TPSA) is 146 Å². The van der Waals surface area contributed by atoms with Crippen molar-refractivity contribution in [1.29, 1.82) is 0 Å². The van der Waals surface area contributed by atoms with Crippen LogP contribution in [0.3, 0.4) is 0 Å². The number of carboxylic acid groups (broad SMARTS) is 1. The van der Waals surface area contributed by atoms with Gasteiger partial charge >= 0.3 is 12.1 Å². The molecule has 172 valence electrons. The molecule has 1 rings (SSSR count). The Morgan fingerprint density at radius 3 is 2.19 bits per heavy atom. The lowest BCUT2D eigenvalue weighted by molar-refractivity contribution is -0.141. The van der Waals surface area contributed by atoms with Gasteiger partial charge in [-0.25, -0.2) is 10.2 Å². The van der Waals surface area contributed by atoms with E-state index < -0.39 is 35.7 Å². The van der Waals surface area contributed by atoms with Crippen LogP contribution in [0.1, 0.15) is 53.2 Å². The Morgan fingerprint density at radius 1 is 1.13 bits per heavy atom. The van der Waals surface area contributed by atoms with Crippen molar-refractivity contribution in [2.24, 2.45) is 5.10 Å². The number of hydrogen-bond acceptors (Lipinski definition) is 6. The lowest BCUT2D eigenvalue weighted by atomic mass is 10.0. The molecule has 2 unspecified atom stereocenters. The number of alkyl carbamates (subject to hydrolysis) is 1. The third kappa shape index (κ3) is 11.4. The predicted molar refractivity (Wildman–Crippen MR) is 117 cm³/mol. The third-order valence-corrected chi connectivity index (χ3v) is 3.59. The lowest BCUT2D eigenvalue weighted by Crippen LogP contribution is -2.52. The van der Waals surface area contributed by atoms with Crippen molar-refractivity contribution in [1.82, 2.24) is 16.1 Å². The van der Waals surface area contributed by atoms with E-state index in [0.717, 1.165) is 0 Å². The smallest absolute Gasteiger partial charge is 0.408 e. The Bertz CT molecular complexity index is 799. The zero-order chi connectivity index (χ0) is 22.9. The Balaban J connectivity index is 0.00000900. The quantitative estimate of drug-likeness (QED) is 0.361. The zero-order valence-electron chi connectivity index (χ0n) is 17.7. The highest BCUT2D eigenvalue weighted by molar-refractivity contribution is 5.89. The van der Waals surface area contributed by atoms with Gasteiger partial charge in [-0.3, -0.25) is 14.4 Å². The molecule has 31 heavy (non-hydrogen) atoms. The number of benzene rings is 1. The van der Waals surface area contributed by atoms with Crippen LogP contribution in [0.25, 0.3) is 0 Å². The third-order valence-electron chi connectivity index (χ3n) is 3.59. The number of carboxylic acids is 1. The summed E-state index contributed by atoms with van der Waals surface area (Å²) in [6, 6.07) is 4.75. The second-order valence-corrected chi connectivity index (χ2v) is 7.64. The highest BCUT2D eigenvalue weighted by Crippen LogP contribution is 2.10. The SMILES string of the molecule is C.CC(=O)N/N=C/c1ccc(CC(NC(=O)OC(C)(C)C)C(=O)NC(C)C(=O)O)cc1. The first-order chi connectivity index (χ1) is 13.9. The average Bonchev–Trinajstić information content (AvgIpc) is 2.60. The fourth-order valence-corrected chi connectivity index (χ4v) is 2.21. The number of nitrogens with zero attached hydrogens (tertiary/aromatic N) is 1. The van der Waals surface area contributed by atoms with E-state index in [1.54, 1.807) is 45.0 Å². The van der Waals surface area contributed by atoms with Gasteiger partial charge < -0.3 is 20.5 Å². The number of hydrazone groups is 1. The molecule has 0 radical (unpaired) electrons. The fraction of sp³-hybridized carbons (Fsp3) is 0.476. The summed E-state index contributed by atoms with van der Waals surface area (Å²) in [7, 11) is 0. The van der Waals surface area contributed by atoms with E-state index in [0.29, 0.717) is 11.1 Å². The minimum atomic E-state index is -1.19. The van der Waals surface area contributed by atoms with Gasteiger partial charge in [0.05, 0.1) is 6.21 Å². The minimum Gasteiger partial charge on any atom is -0.480 e. The second-order valence-electron chi connectivity index (χ2n) is 7.64. The molecule has 2 atom stereocenters. The van der Waals surface area contributed by atoms with Crippen molar-refractivity contribution in [2.75, 3.05) is 0 Å². The van der Waals surface area contributed by atoms with Crippen molar-refractivity contribution < 1.29 is 29.0 Å². The molecule has 10 heteroatoms. The van der Waals surface area contributed by atoms with Gasteiger partial charge in [0.15, 0.2) is 0 Å². The number of nitrogens with one attached hydrogen (secondary N) is 3. The Kier molecular flexibility index (Phi) is 10.9. The van der Waals surface area contributed by atoms with Crippen LogP contribution in [0, 0.1) is 0 Å². The molecule has 4 N–H and O–H groups in total. The minimum absolute atomic E-state index is 0. The molecule has 3 amide bonds. The normalized spacial score (nSPS) is 12.8. The predicted octanol–water partition coefficient (Wildman–Crippen LogP) is 1.82. The van der Waals surface area contributed by atoms with Crippen LogP contribution in [0.15, 0.2) is 29.4 Å². The number of aliphatic carboxylic acids is 1. The van der Waals surface area contributed by atoms with Crippen LogP contribution in [-0.4, -0.2) is 52.9 Å². The summed E-state index contributed by atoms with van der Waals surface area (Å²) in [5.41, 5.74) is 2.97. The highest BCUT2D eigenvalue weighted by atomic mass is 16.6. The van der Waals surface area contributed by atoms with Gasteiger partial charge in [0.1, 0.15) is 17.7 Å². The monoisotopic (exact) mass is 436 g/mol. The maximum Gasteiger partial charge on any atom is 0.408 e. The lowest BCUT2D eigenvalue weighted by Gasteiger charge is -2.24. The highest BCUT2D eigenvalue weighted by Gasteiger charge is 2.26. The van der Waals surface area contributed by atoms with E-state index in [9.17, 15) is 19.2 Å². The molecular formula is C21H32N4O6. The van der Waals surface area contributed by atoms with Gasteiger partial charge in [0, 0.05) is 13.3 Å². The van der Waals surface area contributed by atoms with E-state index >= 15 is 0 Å². The summed E-state index contributed by atoms with van der Waals surface area (Å²) >= 11 is 0. The molecule has 0 aliphatic rings. The molecule has 0 aromatic heterocycles. The van der Waals surface area contributed by atoms with Crippen molar-refractivity contribution in [3.05, 3.63) is 35.4 Å². The van der Waals surface area contributed by atoms with E-state index in [4.69, 9.17) is 9.84 Å². The van der Waals surface area contributed by atoms with Gasteiger partial charge in [0.2, 0.25) is 11.8 Å². The Labute approximate surface area is 182 Å². The largest absolute Gasteiger partial charge is 0.480 e. The summed E-state index contributed by atoms with van der Waals surface area (Å²) < 4.78 is 5.19. The number of rotatable bonds is 8. The molecule has 0 spiro atoms. The van der Waals surface area contributed by atoms with Crippen molar-refractivity contribution in [3.8, 4) is 0 Å². The summed E-state index contributed by atoms with van der Waals surface area (Å²) in [5.74, 6) is -2.13. The van der Waals surface area contributed by atoms with Crippen LogP contribution in [0.2, 0.25) is 0 Å². The fourth-order valence-electron chi connectivity index (χ4n) is 2.21. The summed E-state index contributed by atoms with van der Waals surface area (Å²) in [6.45, 7) is 7.74. The molecule has 0 saturated carbocycles. The van der Waals surface area contributed by atoms with Gasteiger partial charge in [-0.1, -0.05) is 31.7 Å². The number of carbonyl (C=O) groups is 4. The first kappa shape index (κ1) is 27.6. The first-order valence-electron chi connectivity index (χ1n) is 9.28. The Morgan fingerprint density at radius 2 is 1.71 bits per heavy atom. The van der Waals surface area contributed by atoms with Crippen LogP contribution >= 0.6 is 0 Å². The molecule has 10 nitrogen and oxygen atoms in total.